The molecule has 0 saturated heterocycles. The largest absolute Gasteiger partial charge is 0.469 e. The molecule has 0 aliphatic heterocycles. The maximum absolute atomic E-state index is 12.3. The molecule has 0 aliphatic rings. The van der Waals surface area contributed by atoms with Crippen molar-refractivity contribution < 1.29 is 17.6 Å². The fourth-order valence-corrected chi connectivity index (χ4v) is 4.32. The third-order valence-corrected chi connectivity index (χ3v) is 6.28. The quantitative estimate of drug-likeness (QED) is 0.439. The van der Waals surface area contributed by atoms with Gasteiger partial charge in [0.25, 0.3) is 15.9 Å². The van der Waals surface area contributed by atoms with Crippen LogP contribution in [0.1, 0.15) is 28.1 Å². The van der Waals surface area contributed by atoms with E-state index in [2.05, 4.69) is 20.2 Å². The van der Waals surface area contributed by atoms with Crippen LogP contribution in [0.4, 0.5) is 5.13 Å². The summed E-state index contributed by atoms with van der Waals surface area (Å²) in [6, 6.07) is 10.7. The lowest BCUT2D eigenvalue weighted by atomic mass is 10.1. The van der Waals surface area contributed by atoms with Gasteiger partial charge in [-0.3, -0.25) is 10.1 Å². The van der Waals surface area contributed by atoms with Crippen LogP contribution in [0.2, 0.25) is 0 Å². The zero-order valence-electron chi connectivity index (χ0n) is 14.5. The van der Waals surface area contributed by atoms with Crippen molar-refractivity contribution >= 4 is 32.4 Å². The number of aromatic nitrogens is 2. The van der Waals surface area contributed by atoms with E-state index in [4.69, 9.17) is 4.42 Å². The fraction of sp³-hybridized carbons (Fsp3) is 0.235. The summed E-state index contributed by atoms with van der Waals surface area (Å²) in [6.07, 6.45) is 2.79. The highest BCUT2D eigenvalue weighted by molar-refractivity contribution is 7.91. The highest BCUT2D eigenvalue weighted by Crippen LogP contribution is 2.20. The Bertz CT molecular complexity index is 1010. The number of furan rings is 1. The van der Waals surface area contributed by atoms with Crippen LogP contribution >= 0.6 is 11.3 Å². The highest BCUT2D eigenvalue weighted by Gasteiger charge is 2.20. The van der Waals surface area contributed by atoms with E-state index in [1.54, 1.807) is 30.5 Å². The second kappa shape index (κ2) is 8.42. The summed E-state index contributed by atoms with van der Waals surface area (Å²) < 4.78 is 32.0. The van der Waals surface area contributed by atoms with Crippen molar-refractivity contribution in [2.45, 2.75) is 24.1 Å². The Morgan fingerprint density at radius 3 is 2.81 bits per heavy atom. The van der Waals surface area contributed by atoms with Crippen LogP contribution in [0.25, 0.3) is 0 Å². The molecule has 142 valence electrons. The minimum absolute atomic E-state index is 0.123. The Hall–Kier alpha value is -2.56. The van der Waals surface area contributed by atoms with Crippen molar-refractivity contribution in [1.82, 2.24) is 14.9 Å². The lowest BCUT2D eigenvalue weighted by Crippen LogP contribution is -2.25. The van der Waals surface area contributed by atoms with Crippen molar-refractivity contribution in [2.24, 2.45) is 0 Å². The molecular weight excluding hydrogens is 388 g/mol. The summed E-state index contributed by atoms with van der Waals surface area (Å²) >= 11 is 0.800. The lowest BCUT2D eigenvalue weighted by Gasteiger charge is -2.03. The Morgan fingerprint density at radius 1 is 1.22 bits per heavy atom. The van der Waals surface area contributed by atoms with Crippen LogP contribution in [-0.2, 0) is 16.4 Å². The molecule has 0 unspecified atom stereocenters. The highest BCUT2D eigenvalue weighted by atomic mass is 32.2. The van der Waals surface area contributed by atoms with E-state index in [1.165, 1.54) is 0 Å². The molecule has 0 radical (unpaired) electrons. The molecule has 10 heteroatoms. The Balaban J connectivity index is 1.56. The van der Waals surface area contributed by atoms with E-state index in [0.717, 1.165) is 22.7 Å². The van der Waals surface area contributed by atoms with Gasteiger partial charge in [-0.2, -0.15) is 0 Å². The summed E-state index contributed by atoms with van der Waals surface area (Å²) in [7, 11) is -3.77. The molecule has 3 rings (SSSR count). The van der Waals surface area contributed by atoms with E-state index in [1.807, 2.05) is 19.1 Å². The summed E-state index contributed by atoms with van der Waals surface area (Å²) in [5.41, 5.74) is 1.41. The minimum atomic E-state index is -3.77. The number of anilines is 1. The number of carbonyl (C=O) groups excluding carboxylic acids is 1. The van der Waals surface area contributed by atoms with Gasteiger partial charge in [-0.15, -0.1) is 10.2 Å². The van der Waals surface area contributed by atoms with E-state index in [0.29, 0.717) is 18.4 Å². The Morgan fingerprint density at radius 2 is 2.07 bits per heavy atom. The number of hydrogen-bond acceptors (Lipinski definition) is 7. The zero-order valence-corrected chi connectivity index (χ0v) is 16.1. The molecule has 0 spiro atoms. The first-order valence-electron chi connectivity index (χ1n) is 8.17. The first-order valence-corrected chi connectivity index (χ1v) is 10.5. The maximum Gasteiger partial charge on any atom is 0.269 e. The second-order valence-electron chi connectivity index (χ2n) is 5.78. The molecular formula is C17H18N4O4S2. The van der Waals surface area contributed by atoms with Crippen LogP contribution in [0.5, 0.6) is 0 Å². The van der Waals surface area contributed by atoms with E-state index in [-0.39, 0.29) is 21.9 Å². The van der Waals surface area contributed by atoms with Gasteiger partial charge < -0.3 is 4.42 Å². The van der Waals surface area contributed by atoms with Gasteiger partial charge in [-0.05, 0) is 37.6 Å². The smallest absolute Gasteiger partial charge is 0.269 e. The summed E-state index contributed by atoms with van der Waals surface area (Å²) in [4.78, 5) is 12.2. The third kappa shape index (κ3) is 5.22. The molecule has 27 heavy (non-hydrogen) atoms. The standard InChI is InChI=1S/C17H18N4O4S2/c1-12-5-2-6-13(11-12)15(22)19-16-20-21-17(26-16)27(23,24)18-9-3-7-14-8-4-10-25-14/h2,4-6,8,10-11,18H,3,7,9H2,1H3,(H,19,20,22). The number of carbonyl (C=O) groups is 1. The van der Waals surface area contributed by atoms with Gasteiger partial charge in [-0.1, -0.05) is 29.0 Å². The molecule has 3 aromatic rings. The minimum Gasteiger partial charge on any atom is -0.469 e. The molecule has 0 atom stereocenters. The van der Waals surface area contributed by atoms with Crippen LogP contribution in [0, 0.1) is 6.92 Å². The van der Waals surface area contributed by atoms with Gasteiger partial charge >= 0.3 is 0 Å². The molecule has 1 amide bonds. The van der Waals surface area contributed by atoms with Crippen LogP contribution in [0.3, 0.4) is 0 Å². The van der Waals surface area contributed by atoms with E-state index < -0.39 is 10.0 Å². The summed E-state index contributed by atoms with van der Waals surface area (Å²) in [6.45, 7) is 2.12. The molecule has 0 fully saturated rings. The average molecular weight is 406 g/mol. The number of sulfonamides is 1. The van der Waals surface area contributed by atoms with Crippen LogP contribution < -0.4 is 10.0 Å². The SMILES string of the molecule is Cc1cccc(C(=O)Nc2nnc(S(=O)(=O)NCCCc3ccco3)s2)c1. The zero-order chi connectivity index (χ0) is 19.3. The molecule has 2 aromatic heterocycles. The van der Waals surface area contributed by atoms with E-state index in [9.17, 15) is 13.2 Å². The Kier molecular flexibility index (Phi) is 5.99. The number of rotatable bonds is 8. The second-order valence-corrected chi connectivity index (χ2v) is 8.70. The first kappa shape index (κ1) is 19.2. The van der Waals surface area contributed by atoms with Crippen molar-refractivity contribution in [3.63, 3.8) is 0 Å². The molecule has 0 saturated carbocycles. The van der Waals surface area contributed by atoms with Crippen molar-refractivity contribution in [1.29, 1.82) is 0 Å². The van der Waals surface area contributed by atoms with Gasteiger partial charge in [0.1, 0.15) is 5.76 Å². The Labute approximate surface area is 160 Å². The molecule has 2 N–H and O–H groups in total. The number of aryl methyl sites for hydroxylation is 2. The molecule has 8 nitrogen and oxygen atoms in total. The van der Waals surface area contributed by atoms with Gasteiger partial charge in [0.2, 0.25) is 9.47 Å². The average Bonchev–Trinajstić information content (AvgIpc) is 3.31. The fourth-order valence-electron chi connectivity index (χ4n) is 2.31. The monoisotopic (exact) mass is 406 g/mol. The maximum atomic E-state index is 12.3. The van der Waals surface area contributed by atoms with Crippen molar-refractivity contribution in [3.05, 3.63) is 59.5 Å². The number of hydrogen-bond donors (Lipinski definition) is 2. The third-order valence-electron chi connectivity index (χ3n) is 3.61. The molecule has 1 aromatic carbocycles. The van der Waals surface area contributed by atoms with Crippen LogP contribution in [-0.4, -0.2) is 31.1 Å². The number of nitrogens with zero attached hydrogens (tertiary/aromatic N) is 2. The lowest BCUT2D eigenvalue weighted by molar-refractivity contribution is 0.102. The number of benzene rings is 1. The predicted octanol–water partition coefficient (Wildman–Crippen LogP) is 2.60. The van der Waals surface area contributed by atoms with Gasteiger partial charge in [0, 0.05) is 18.5 Å². The van der Waals surface area contributed by atoms with Gasteiger partial charge in [-0.25, -0.2) is 13.1 Å². The topological polar surface area (TPSA) is 114 Å². The number of amides is 1. The van der Waals surface area contributed by atoms with Crippen molar-refractivity contribution in [3.8, 4) is 0 Å². The molecule has 0 aliphatic carbocycles. The molecule has 0 bridgehead atoms. The predicted molar refractivity (Wildman–Crippen MR) is 101 cm³/mol. The van der Waals surface area contributed by atoms with Crippen LogP contribution in [0.15, 0.2) is 51.4 Å². The van der Waals surface area contributed by atoms with Gasteiger partial charge in [0.15, 0.2) is 0 Å². The van der Waals surface area contributed by atoms with Crippen molar-refractivity contribution in [2.75, 3.05) is 11.9 Å². The number of nitrogens with one attached hydrogen (secondary N) is 2. The normalized spacial score (nSPS) is 11.4. The molecule has 2 heterocycles. The summed E-state index contributed by atoms with van der Waals surface area (Å²) in [5.74, 6) is 0.427. The first-order chi connectivity index (χ1) is 12.9. The summed E-state index contributed by atoms with van der Waals surface area (Å²) in [5, 5.41) is 10.1. The van der Waals surface area contributed by atoms with E-state index >= 15 is 0 Å². The van der Waals surface area contributed by atoms with Gasteiger partial charge in [0.05, 0.1) is 6.26 Å².